The summed E-state index contributed by atoms with van der Waals surface area (Å²) < 4.78 is 7.74. The Labute approximate surface area is 136 Å². The lowest BCUT2D eigenvalue weighted by atomic mass is 10.2. The first-order valence-corrected chi connectivity index (χ1v) is 7.75. The molecule has 0 aliphatic carbocycles. The van der Waals surface area contributed by atoms with E-state index in [-0.39, 0.29) is 6.10 Å². The van der Waals surface area contributed by atoms with Crippen LogP contribution in [0.2, 0.25) is 5.15 Å². The molecule has 0 fully saturated rings. The zero-order chi connectivity index (χ0) is 16.1. The van der Waals surface area contributed by atoms with Gasteiger partial charge >= 0.3 is 0 Å². The molecule has 2 heterocycles. The van der Waals surface area contributed by atoms with Gasteiger partial charge in [-0.25, -0.2) is 4.98 Å². The van der Waals surface area contributed by atoms with Crippen molar-refractivity contribution in [2.24, 2.45) is 0 Å². The molecule has 0 radical (unpaired) electrons. The van der Waals surface area contributed by atoms with Crippen molar-refractivity contribution in [3.05, 3.63) is 40.9 Å². The number of hydrogen-bond donors (Lipinski definition) is 0. The van der Waals surface area contributed by atoms with Crippen molar-refractivity contribution >= 4 is 11.6 Å². The summed E-state index contributed by atoms with van der Waals surface area (Å²) in [5.74, 6) is 6.84. The molecule has 2 aromatic heterocycles. The highest BCUT2D eigenvalue weighted by Gasteiger charge is 2.08. The second-order valence-corrected chi connectivity index (χ2v) is 5.78. The molecule has 0 aliphatic rings. The Hall–Kier alpha value is -1.99. The van der Waals surface area contributed by atoms with E-state index in [0.717, 1.165) is 17.5 Å². The van der Waals surface area contributed by atoms with E-state index in [1.54, 1.807) is 18.5 Å². The maximum absolute atomic E-state index is 5.95. The summed E-state index contributed by atoms with van der Waals surface area (Å²) in [4.78, 5) is 4.08. The normalized spacial score (nSPS) is 11.9. The van der Waals surface area contributed by atoms with E-state index in [1.165, 1.54) is 0 Å². The second-order valence-electron chi connectivity index (χ2n) is 5.39. The zero-order valence-electron chi connectivity index (χ0n) is 13.3. The van der Waals surface area contributed by atoms with E-state index in [9.17, 15) is 0 Å². The van der Waals surface area contributed by atoms with Crippen molar-refractivity contribution in [1.29, 1.82) is 0 Å². The molecule has 0 aliphatic heterocycles. The van der Waals surface area contributed by atoms with Gasteiger partial charge in [-0.05, 0) is 27.2 Å². The summed E-state index contributed by atoms with van der Waals surface area (Å²) in [6.07, 6.45) is 6.33. The smallest absolute Gasteiger partial charge is 0.139 e. The molecule has 0 aromatic carbocycles. The fourth-order valence-electron chi connectivity index (χ4n) is 1.73. The minimum Gasteiger partial charge on any atom is -0.489 e. The Balaban J connectivity index is 2.27. The highest BCUT2D eigenvalue weighted by molar-refractivity contribution is 6.29. The van der Waals surface area contributed by atoms with Crippen LogP contribution in [0.5, 0.6) is 5.75 Å². The van der Waals surface area contributed by atoms with Crippen LogP contribution in [0, 0.1) is 11.8 Å². The Morgan fingerprint density at radius 3 is 2.68 bits per heavy atom. The van der Waals surface area contributed by atoms with Crippen LogP contribution in [-0.4, -0.2) is 20.9 Å². The lowest BCUT2D eigenvalue weighted by Gasteiger charge is -2.13. The van der Waals surface area contributed by atoms with Gasteiger partial charge in [-0.2, -0.15) is 5.10 Å². The van der Waals surface area contributed by atoms with E-state index in [2.05, 4.69) is 42.7 Å². The molecule has 0 saturated carbocycles. The molecule has 4 nitrogen and oxygen atoms in total. The lowest BCUT2D eigenvalue weighted by Crippen LogP contribution is -2.10. The number of nitrogens with zero attached hydrogens (tertiary/aromatic N) is 3. The van der Waals surface area contributed by atoms with Gasteiger partial charge in [0.15, 0.2) is 0 Å². The number of rotatable bonds is 4. The van der Waals surface area contributed by atoms with Gasteiger partial charge in [0.25, 0.3) is 0 Å². The SMILES string of the molecule is CCC(C)Oc1cc(Cl)ncc1C#Cc1cnn(C(C)C)c1. The molecule has 1 atom stereocenters. The fourth-order valence-corrected chi connectivity index (χ4v) is 1.88. The first-order chi connectivity index (χ1) is 10.5. The van der Waals surface area contributed by atoms with Gasteiger partial charge in [0, 0.05) is 24.5 Å². The number of pyridine rings is 1. The van der Waals surface area contributed by atoms with Crippen LogP contribution in [0.4, 0.5) is 0 Å². The molecule has 5 heteroatoms. The monoisotopic (exact) mass is 317 g/mol. The zero-order valence-corrected chi connectivity index (χ0v) is 14.1. The number of aromatic nitrogens is 3. The molecule has 0 bridgehead atoms. The largest absolute Gasteiger partial charge is 0.489 e. The van der Waals surface area contributed by atoms with Crippen LogP contribution in [0.1, 0.15) is 51.3 Å². The lowest BCUT2D eigenvalue weighted by molar-refractivity contribution is 0.216. The minimum absolute atomic E-state index is 0.0997. The van der Waals surface area contributed by atoms with Crippen LogP contribution in [0.25, 0.3) is 0 Å². The fraction of sp³-hybridized carbons (Fsp3) is 0.412. The minimum atomic E-state index is 0.0997. The second kappa shape index (κ2) is 7.33. The maximum Gasteiger partial charge on any atom is 0.139 e. The Kier molecular flexibility index (Phi) is 5.46. The molecule has 2 aromatic rings. The summed E-state index contributed by atoms with van der Waals surface area (Å²) in [5.41, 5.74) is 1.58. The number of ether oxygens (including phenoxy) is 1. The predicted molar refractivity (Wildman–Crippen MR) is 88.2 cm³/mol. The average Bonchev–Trinajstić information content (AvgIpc) is 2.95. The predicted octanol–water partition coefficient (Wildman–Crippen LogP) is 4.09. The van der Waals surface area contributed by atoms with Crippen molar-refractivity contribution in [3.8, 4) is 17.6 Å². The molecule has 0 amide bonds. The van der Waals surface area contributed by atoms with Gasteiger partial charge in [0.2, 0.25) is 0 Å². The van der Waals surface area contributed by atoms with E-state index >= 15 is 0 Å². The molecule has 116 valence electrons. The van der Waals surface area contributed by atoms with Crippen molar-refractivity contribution in [2.45, 2.75) is 46.3 Å². The number of halogens is 1. The standard InChI is InChI=1S/C17H20ClN3O/c1-5-13(4)22-16-8-17(18)19-10-15(16)7-6-14-9-20-21(11-14)12(2)3/h8-13H,5H2,1-4H3. The first-order valence-electron chi connectivity index (χ1n) is 7.38. The summed E-state index contributed by atoms with van der Waals surface area (Å²) in [5, 5.41) is 4.67. The maximum atomic E-state index is 5.95. The van der Waals surface area contributed by atoms with E-state index in [1.807, 2.05) is 17.8 Å². The van der Waals surface area contributed by atoms with Crippen molar-refractivity contribution < 1.29 is 4.74 Å². The topological polar surface area (TPSA) is 39.9 Å². The third-order valence-electron chi connectivity index (χ3n) is 3.21. The van der Waals surface area contributed by atoms with Crippen LogP contribution in [0.15, 0.2) is 24.7 Å². The summed E-state index contributed by atoms with van der Waals surface area (Å²) in [6.45, 7) is 8.23. The number of hydrogen-bond acceptors (Lipinski definition) is 3. The van der Waals surface area contributed by atoms with Crippen LogP contribution < -0.4 is 4.74 Å². The molecule has 0 spiro atoms. The van der Waals surface area contributed by atoms with Crippen LogP contribution in [0.3, 0.4) is 0 Å². The van der Waals surface area contributed by atoms with E-state index in [4.69, 9.17) is 16.3 Å². The van der Waals surface area contributed by atoms with Gasteiger partial charge in [0.05, 0.1) is 23.4 Å². The van der Waals surface area contributed by atoms with E-state index in [0.29, 0.717) is 16.9 Å². The third-order valence-corrected chi connectivity index (χ3v) is 3.41. The molecular weight excluding hydrogens is 298 g/mol. The van der Waals surface area contributed by atoms with Crippen molar-refractivity contribution in [1.82, 2.24) is 14.8 Å². The molecule has 0 saturated heterocycles. The van der Waals surface area contributed by atoms with Crippen molar-refractivity contribution in [3.63, 3.8) is 0 Å². The molecule has 22 heavy (non-hydrogen) atoms. The summed E-state index contributed by atoms with van der Waals surface area (Å²) in [6, 6.07) is 2.02. The van der Waals surface area contributed by atoms with Gasteiger partial charge in [-0.1, -0.05) is 30.4 Å². The van der Waals surface area contributed by atoms with Crippen molar-refractivity contribution in [2.75, 3.05) is 0 Å². The van der Waals surface area contributed by atoms with Gasteiger partial charge in [-0.3, -0.25) is 4.68 Å². The summed E-state index contributed by atoms with van der Waals surface area (Å²) in [7, 11) is 0. The van der Waals surface area contributed by atoms with E-state index < -0.39 is 0 Å². The van der Waals surface area contributed by atoms with Gasteiger partial charge in [-0.15, -0.1) is 0 Å². The average molecular weight is 318 g/mol. The Bertz CT molecular complexity index is 697. The third kappa shape index (κ3) is 4.25. The summed E-state index contributed by atoms with van der Waals surface area (Å²) >= 11 is 5.95. The Morgan fingerprint density at radius 1 is 1.27 bits per heavy atom. The molecule has 1 unspecified atom stereocenters. The quantitative estimate of drug-likeness (QED) is 0.630. The highest BCUT2D eigenvalue weighted by atomic mass is 35.5. The van der Waals surface area contributed by atoms with Gasteiger partial charge in [0.1, 0.15) is 10.9 Å². The van der Waals surface area contributed by atoms with Crippen LogP contribution in [-0.2, 0) is 0 Å². The Morgan fingerprint density at radius 2 is 2.05 bits per heavy atom. The first kappa shape index (κ1) is 16.4. The highest BCUT2D eigenvalue weighted by Crippen LogP contribution is 2.22. The van der Waals surface area contributed by atoms with Crippen LogP contribution >= 0.6 is 11.6 Å². The molecule has 0 N–H and O–H groups in total. The molecular formula is C17H20ClN3O. The van der Waals surface area contributed by atoms with Gasteiger partial charge < -0.3 is 4.74 Å². The molecule has 2 rings (SSSR count).